The van der Waals surface area contributed by atoms with Gasteiger partial charge in [0, 0.05) is 24.8 Å². The van der Waals surface area contributed by atoms with Gasteiger partial charge < -0.3 is 9.84 Å². The van der Waals surface area contributed by atoms with Crippen LogP contribution in [0.4, 0.5) is 21.0 Å². The molecule has 0 radical (unpaired) electrons. The highest BCUT2D eigenvalue weighted by molar-refractivity contribution is 5.90. The highest BCUT2D eigenvalue weighted by Gasteiger charge is 2.20. The maximum Gasteiger partial charge on any atom is 0.419 e. The molecule has 0 aliphatic heterocycles. The van der Waals surface area contributed by atoms with Crippen molar-refractivity contribution < 1.29 is 19.4 Å². The van der Waals surface area contributed by atoms with Gasteiger partial charge >= 0.3 is 12.2 Å². The van der Waals surface area contributed by atoms with Crippen LogP contribution in [0.15, 0.2) is 48.5 Å². The summed E-state index contributed by atoms with van der Waals surface area (Å²) in [6, 6.07) is 13.7. The highest BCUT2D eigenvalue weighted by Crippen LogP contribution is 2.25. The number of benzene rings is 2. The molecule has 0 saturated carbocycles. The molecule has 0 bridgehead atoms. The van der Waals surface area contributed by atoms with E-state index < -0.39 is 12.2 Å². The van der Waals surface area contributed by atoms with Crippen molar-refractivity contribution in [3.8, 4) is 5.75 Å². The van der Waals surface area contributed by atoms with E-state index in [9.17, 15) is 14.7 Å². The average Bonchev–Trinajstić information content (AvgIpc) is 2.54. The molecule has 132 valence electrons. The van der Waals surface area contributed by atoms with Crippen LogP contribution in [-0.2, 0) is 0 Å². The lowest BCUT2D eigenvalue weighted by atomic mass is 10.2. The van der Waals surface area contributed by atoms with Gasteiger partial charge in [-0.3, -0.25) is 9.80 Å². The molecule has 2 rings (SSSR count). The van der Waals surface area contributed by atoms with Crippen LogP contribution < -0.4 is 14.5 Å². The van der Waals surface area contributed by atoms with Crippen molar-refractivity contribution >= 4 is 23.6 Å². The third-order valence-corrected chi connectivity index (χ3v) is 3.77. The number of hydrogen-bond donors (Lipinski definition) is 1. The number of nitrogens with zero attached hydrogens (tertiary/aromatic N) is 2. The molecular weight excluding hydrogens is 320 g/mol. The van der Waals surface area contributed by atoms with E-state index in [1.807, 2.05) is 31.2 Å². The van der Waals surface area contributed by atoms with E-state index >= 15 is 0 Å². The zero-order valence-corrected chi connectivity index (χ0v) is 14.8. The summed E-state index contributed by atoms with van der Waals surface area (Å²) >= 11 is 0. The van der Waals surface area contributed by atoms with Crippen LogP contribution in [0.25, 0.3) is 0 Å². The fourth-order valence-corrected chi connectivity index (χ4v) is 2.53. The molecule has 0 unspecified atom stereocenters. The summed E-state index contributed by atoms with van der Waals surface area (Å²) in [5.41, 5.74) is 2.15. The number of rotatable bonds is 4. The second-order valence-electron chi connectivity index (χ2n) is 5.96. The maximum atomic E-state index is 12.4. The molecule has 0 aliphatic carbocycles. The van der Waals surface area contributed by atoms with E-state index in [1.54, 1.807) is 39.1 Å². The summed E-state index contributed by atoms with van der Waals surface area (Å²) in [6.45, 7) is 5.46. The van der Waals surface area contributed by atoms with Gasteiger partial charge in [0.25, 0.3) is 0 Å². The van der Waals surface area contributed by atoms with Crippen molar-refractivity contribution in [2.24, 2.45) is 0 Å². The molecule has 0 fully saturated rings. The van der Waals surface area contributed by atoms with Gasteiger partial charge in [-0.05, 0) is 44.5 Å². The van der Waals surface area contributed by atoms with Crippen LogP contribution in [-0.4, -0.2) is 30.4 Å². The van der Waals surface area contributed by atoms with Crippen LogP contribution in [0.5, 0.6) is 5.75 Å². The number of ether oxygens (including phenoxy) is 1. The lowest BCUT2D eigenvalue weighted by molar-refractivity contribution is 0.200. The van der Waals surface area contributed by atoms with Crippen LogP contribution >= 0.6 is 0 Å². The summed E-state index contributed by atoms with van der Waals surface area (Å²) in [5, 5.41) is 9.35. The first-order chi connectivity index (χ1) is 11.8. The average molecular weight is 342 g/mol. The number of carbonyl (C=O) groups is 2. The second-order valence-corrected chi connectivity index (χ2v) is 5.96. The molecule has 6 nitrogen and oxygen atoms in total. The molecule has 2 aromatic carbocycles. The molecule has 0 saturated heterocycles. The van der Waals surface area contributed by atoms with Gasteiger partial charge in [-0.2, -0.15) is 0 Å². The van der Waals surface area contributed by atoms with Crippen LogP contribution in [0.3, 0.4) is 0 Å². The third-order valence-electron chi connectivity index (χ3n) is 3.77. The Balaban J connectivity index is 2.20. The second kappa shape index (κ2) is 7.70. The Morgan fingerprint density at radius 3 is 2.36 bits per heavy atom. The lowest BCUT2D eigenvalue weighted by Gasteiger charge is -2.24. The standard InChI is InChI=1S/C19H22N2O4/c1-13(2)21(18(22)23)15-9-7-10-16(12-15)25-19(24)20(4)17-11-6-5-8-14(17)3/h5-13H,1-4H3,(H,22,23). The van der Waals surface area contributed by atoms with Crippen molar-refractivity contribution in [1.82, 2.24) is 0 Å². The van der Waals surface area contributed by atoms with Crippen molar-refractivity contribution in [3.63, 3.8) is 0 Å². The van der Waals surface area contributed by atoms with E-state index in [2.05, 4.69) is 0 Å². The Labute approximate surface area is 147 Å². The van der Waals surface area contributed by atoms with E-state index in [1.165, 1.54) is 15.9 Å². The summed E-state index contributed by atoms with van der Waals surface area (Å²) in [7, 11) is 1.63. The van der Waals surface area contributed by atoms with Crippen molar-refractivity contribution in [1.29, 1.82) is 0 Å². The van der Waals surface area contributed by atoms with E-state index in [4.69, 9.17) is 4.74 Å². The quantitative estimate of drug-likeness (QED) is 0.886. The number of hydrogen-bond acceptors (Lipinski definition) is 3. The molecule has 2 aromatic rings. The molecule has 2 amide bonds. The fourth-order valence-electron chi connectivity index (χ4n) is 2.53. The van der Waals surface area contributed by atoms with Gasteiger partial charge in [-0.25, -0.2) is 9.59 Å². The molecule has 6 heteroatoms. The van der Waals surface area contributed by atoms with Crippen LogP contribution in [0.2, 0.25) is 0 Å². The molecule has 0 heterocycles. The third kappa shape index (κ3) is 4.29. The van der Waals surface area contributed by atoms with Crippen molar-refractivity contribution in [2.45, 2.75) is 26.8 Å². The Bertz CT molecular complexity index is 774. The largest absolute Gasteiger partial charge is 0.465 e. The molecule has 25 heavy (non-hydrogen) atoms. The topological polar surface area (TPSA) is 70.1 Å². The van der Waals surface area contributed by atoms with Crippen LogP contribution in [0.1, 0.15) is 19.4 Å². The Morgan fingerprint density at radius 1 is 1.08 bits per heavy atom. The molecule has 0 spiro atoms. The maximum absolute atomic E-state index is 12.4. The van der Waals surface area contributed by atoms with E-state index in [0.29, 0.717) is 5.69 Å². The summed E-state index contributed by atoms with van der Waals surface area (Å²) in [5.74, 6) is 0.287. The molecule has 0 aromatic heterocycles. The van der Waals surface area contributed by atoms with Gasteiger partial charge in [0.2, 0.25) is 0 Å². The minimum absolute atomic E-state index is 0.238. The summed E-state index contributed by atoms with van der Waals surface area (Å²) < 4.78 is 5.40. The van der Waals surface area contributed by atoms with E-state index in [0.717, 1.165) is 11.3 Å². The van der Waals surface area contributed by atoms with Gasteiger partial charge in [0.15, 0.2) is 0 Å². The zero-order chi connectivity index (χ0) is 18.6. The molecule has 1 N–H and O–H groups in total. The minimum Gasteiger partial charge on any atom is -0.465 e. The summed E-state index contributed by atoms with van der Waals surface area (Å²) in [6.07, 6.45) is -1.60. The number of para-hydroxylation sites is 1. The number of anilines is 2. The number of aryl methyl sites for hydroxylation is 1. The number of carboxylic acid groups (broad SMARTS) is 1. The van der Waals surface area contributed by atoms with Crippen molar-refractivity contribution in [3.05, 3.63) is 54.1 Å². The Hall–Kier alpha value is -3.02. The predicted molar refractivity (Wildman–Crippen MR) is 97.7 cm³/mol. The fraction of sp³-hybridized carbons (Fsp3) is 0.263. The first-order valence-electron chi connectivity index (χ1n) is 7.94. The van der Waals surface area contributed by atoms with E-state index in [-0.39, 0.29) is 11.8 Å². The molecule has 0 aliphatic rings. The van der Waals surface area contributed by atoms with Crippen molar-refractivity contribution in [2.75, 3.05) is 16.8 Å². The lowest BCUT2D eigenvalue weighted by Crippen LogP contribution is -2.35. The Morgan fingerprint density at radius 2 is 1.76 bits per heavy atom. The molecular formula is C19H22N2O4. The normalized spacial score (nSPS) is 10.4. The number of carbonyl (C=O) groups excluding carboxylic acids is 1. The predicted octanol–water partition coefficient (Wildman–Crippen LogP) is 4.52. The van der Waals surface area contributed by atoms with Gasteiger partial charge in [0.1, 0.15) is 5.75 Å². The van der Waals surface area contributed by atoms with Gasteiger partial charge in [-0.1, -0.05) is 24.3 Å². The highest BCUT2D eigenvalue weighted by atomic mass is 16.6. The zero-order valence-electron chi connectivity index (χ0n) is 14.8. The minimum atomic E-state index is -1.06. The summed E-state index contributed by atoms with van der Waals surface area (Å²) in [4.78, 5) is 26.4. The first kappa shape index (κ1) is 18.3. The van der Waals surface area contributed by atoms with Gasteiger partial charge in [-0.15, -0.1) is 0 Å². The number of amides is 2. The van der Waals surface area contributed by atoms with Crippen LogP contribution in [0, 0.1) is 6.92 Å². The smallest absolute Gasteiger partial charge is 0.419 e. The first-order valence-corrected chi connectivity index (χ1v) is 7.94. The SMILES string of the molecule is Cc1ccccc1N(C)C(=O)Oc1cccc(N(C(=O)O)C(C)C)c1. The Kier molecular flexibility index (Phi) is 5.64. The molecule has 0 atom stereocenters. The monoisotopic (exact) mass is 342 g/mol. The van der Waals surface area contributed by atoms with Gasteiger partial charge in [0.05, 0.1) is 5.69 Å².